The third-order valence-corrected chi connectivity index (χ3v) is 6.37. The molecule has 0 heterocycles. The average molecular weight is 465 g/mol. The maximum absolute atomic E-state index is 14.5. The Morgan fingerprint density at radius 1 is 1.12 bits per heavy atom. The van der Waals surface area contributed by atoms with Crippen LogP contribution in [-0.4, -0.2) is 20.6 Å². The number of halogens is 2. The minimum atomic E-state index is -3.38. The third-order valence-electron chi connectivity index (χ3n) is 5.77. The second kappa shape index (κ2) is 8.46. The van der Waals surface area contributed by atoms with Crippen molar-refractivity contribution in [3.05, 3.63) is 64.2 Å². The summed E-state index contributed by atoms with van der Waals surface area (Å²) in [4.78, 5) is 12.7. The molecular formula is C24H30F2N2O3S. The van der Waals surface area contributed by atoms with Gasteiger partial charge < -0.3 is 5.32 Å². The zero-order valence-electron chi connectivity index (χ0n) is 19.2. The van der Waals surface area contributed by atoms with Crippen molar-refractivity contribution in [3.63, 3.8) is 0 Å². The minimum absolute atomic E-state index is 0.0562. The summed E-state index contributed by atoms with van der Waals surface area (Å²) in [5, 5.41) is 2.95. The molecule has 3 rings (SSSR count). The molecule has 1 saturated carbocycles. The van der Waals surface area contributed by atoms with Crippen LogP contribution in [0.15, 0.2) is 30.3 Å². The summed E-state index contributed by atoms with van der Waals surface area (Å²) in [6, 6.07) is 7.64. The lowest BCUT2D eigenvalue weighted by Crippen LogP contribution is -2.28. The Kier molecular flexibility index (Phi) is 6.39. The van der Waals surface area contributed by atoms with Gasteiger partial charge in [-0.05, 0) is 66.5 Å². The van der Waals surface area contributed by atoms with Crippen molar-refractivity contribution in [3.8, 4) is 0 Å². The van der Waals surface area contributed by atoms with Crippen LogP contribution in [0.5, 0.6) is 0 Å². The zero-order chi connectivity index (χ0) is 24.0. The first-order valence-corrected chi connectivity index (χ1v) is 12.4. The molecule has 0 aliphatic heterocycles. The van der Waals surface area contributed by atoms with Crippen molar-refractivity contribution in [2.75, 3.05) is 11.0 Å². The normalized spacial score (nSPS) is 19.4. The van der Waals surface area contributed by atoms with E-state index in [1.807, 2.05) is 13.0 Å². The molecule has 0 spiro atoms. The number of amides is 1. The first-order valence-electron chi connectivity index (χ1n) is 10.6. The molecule has 0 saturated heterocycles. The van der Waals surface area contributed by atoms with Gasteiger partial charge in [0, 0.05) is 11.5 Å². The lowest BCUT2D eigenvalue weighted by Gasteiger charge is -2.21. The topological polar surface area (TPSA) is 75.3 Å². The second-order valence-electron chi connectivity index (χ2n) is 9.74. The molecule has 0 radical (unpaired) electrons. The number of rotatable bonds is 6. The molecule has 8 heteroatoms. The maximum atomic E-state index is 14.5. The third kappa shape index (κ3) is 5.46. The van der Waals surface area contributed by atoms with E-state index in [0.29, 0.717) is 17.7 Å². The predicted molar refractivity (Wildman–Crippen MR) is 122 cm³/mol. The summed E-state index contributed by atoms with van der Waals surface area (Å²) in [6.07, 6.45) is 1.63. The Labute approximate surface area is 188 Å². The van der Waals surface area contributed by atoms with Gasteiger partial charge in [-0.15, -0.1) is 0 Å². The molecule has 0 aromatic heterocycles. The van der Waals surface area contributed by atoms with Gasteiger partial charge in [0.1, 0.15) is 11.6 Å². The van der Waals surface area contributed by atoms with Crippen molar-refractivity contribution >= 4 is 21.6 Å². The van der Waals surface area contributed by atoms with Crippen LogP contribution >= 0.6 is 0 Å². The Hall–Kier alpha value is -2.48. The van der Waals surface area contributed by atoms with Gasteiger partial charge in [-0.3, -0.25) is 9.52 Å². The number of anilines is 1. The zero-order valence-corrected chi connectivity index (χ0v) is 20.0. The summed E-state index contributed by atoms with van der Waals surface area (Å²) in [5.41, 5.74) is 1.97. The fourth-order valence-electron chi connectivity index (χ4n) is 4.05. The molecule has 1 aliphatic rings. The van der Waals surface area contributed by atoms with E-state index in [1.54, 1.807) is 39.8 Å². The smallest absolute Gasteiger partial charge is 0.229 e. The number of carbonyl (C=O) groups is 1. The fraction of sp³-hybridized carbons (Fsp3) is 0.458. The molecule has 1 fully saturated rings. The number of nitrogens with one attached hydrogen (secondary N) is 2. The van der Waals surface area contributed by atoms with Gasteiger partial charge >= 0.3 is 0 Å². The monoisotopic (exact) mass is 464 g/mol. The van der Waals surface area contributed by atoms with Crippen molar-refractivity contribution in [2.24, 2.45) is 5.92 Å². The van der Waals surface area contributed by atoms with Crippen molar-refractivity contribution in [1.82, 2.24) is 5.32 Å². The minimum Gasteiger partial charge on any atom is -0.349 e. The standard InChI is InChI=1S/C24H30F2N2O3S/c1-13-9-15(7-8-21(13)28-32(6,30)31)14(2)27-23(29)18-12-17(18)16-10-19(25)22(20(26)11-16)24(3,4)5/h7-11,14,17-18,28H,12H2,1-6H3,(H,27,29)/t14-,17?,18?/m1/s1. The number of hydrogen-bond donors (Lipinski definition) is 2. The molecule has 2 N–H and O–H groups in total. The molecule has 2 aromatic rings. The van der Waals surface area contributed by atoms with E-state index in [4.69, 9.17) is 0 Å². The maximum Gasteiger partial charge on any atom is 0.229 e. The summed E-state index contributed by atoms with van der Waals surface area (Å²) >= 11 is 0. The molecule has 2 aromatic carbocycles. The van der Waals surface area contributed by atoms with Gasteiger partial charge in [0.15, 0.2) is 0 Å². The van der Waals surface area contributed by atoms with E-state index in [2.05, 4.69) is 10.0 Å². The molecule has 174 valence electrons. The number of sulfonamides is 1. The van der Waals surface area contributed by atoms with E-state index in [-0.39, 0.29) is 29.3 Å². The average Bonchev–Trinajstić information content (AvgIpc) is 3.41. The van der Waals surface area contributed by atoms with Crippen molar-refractivity contribution in [2.45, 2.75) is 58.4 Å². The van der Waals surface area contributed by atoms with Crippen LogP contribution < -0.4 is 10.0 Å². The summed E-state index contributed by atoms with van der Waals surface area (Å²) in [7, 11) is -3.38. The lowest BCUT2D eigenvalue weighted by molar-refractivity contribution is -0.123. The fourth-order valence-corrected chi connectivity index (χ4v) is 4.68. The summed E-state index contributed by atoms with van der Waals surface area (Å²) in [6.45, 7) is 8.90. The van der Waals surface area contributed by atoms with Gasteiger partial charge in [0.05, 0.1) is 18.0 Å². The Bertz CT molecular complexity index is 1130. The Morgan fingerprint density at radius 3 is 2.22 bits per heavy atom. The van der Waals surface area contributed by atoms with Crippen LogP contribution in [0, 0.1) is 24.5 Å². The molecule has 2 unspecified atom stereocenters. The Morgan fingerprint density at radius 2 is 1.72 bits per heavy atom. The van der Waals surface area contributed by atoms with E-state index in [0.717, 1.165) is 17.4 Å². The molecule has 0 bridgehead atoms. The van der Waals surface area contributed by atoms with Crippen molar-refractivity contribution < 1.29 is 22.0 Å². The van der Waals surface area contributed by atoms with Crippen LogP contribution in [0.3, 0.4) is 0 Å². The number of benzene rings is 2. The molecule has 32 heavy (non-hydrogen) atoms. The SMILES string of the molecule is Cc1cc([C@@H](C)NC(=O)C2CC2c2cc(F)c(C(C)(C)C)c(F)c2)ccc1NS(C)(=O)=O. The van der Waals surface area contributed by atoms with Crippen LogP contribution in [0.4, 0.5) is 14.5 Å². The summed E-state index contributed by atoms with van der Waals surface area (Å²) in [5.74, 6) is -1.86. The highest BCUT2D eigenvalue weighted by atomic mass is 32.2. The molecule has 5 nitrogen and oxygen atoms in total. The van der Waals surface area contributed by atoms with Gasteiger partial charge in [0.25, 0.3) is 0 Å². The number of aryl methyl sites for hydroxylation is 1. The lowest BCUT2D eigenvalue weighted by atomic mass is 9.85. The first-order chi connectivity index (χ1) is 14.7. The highest BCUT2D eigenvalue weighted by molar-refractivity contribution is 7.92. The quantitative estimate of drug-likeness (QED) is 0.637. The van der Waals surface area contributed by atoms with E-state index >= 15 is 0 Å². The molecule has 3 atom stereocenters. The Balaban J connectivity index is 1.67. The first kappa shape index (κ1) is 24.2. The summed E-state index contributed by atoms with van der Waals surface area (Å²) < 4.78 is 54.4. The molecular weight excluding hydrogens is 434 g/mol. The van der Waals surface area contributed by atoms with Crippen molar-refractivity contribution in [1.29, 1.82) is 0 Å². The van der Waals surface area contributed by atoms with Gasteiger partial charge in [0.2, 0.25) is 15.9 Å². The molecule has 1 aliphatic carbocycles. The molecule has 1 amide bonds. The van der Waals surface area contributed by atoms with E-state index in [9.17, 15) is 22.0 Å². The van der Waals surface area contributed by atoms with Crippen LogP contribution in [-0.2, 0) is 20.2 Å². The van der Waals surface area contributed by atoms with Crippen LogP contribution in [0.25, 0.3) is 0 Å². The van der Waals surface area contributed by atoms with E-state index < -0.39 is 27.1 Å². The van der Waals surface area contributed by atoms with E-state index in [1.165, 1.54) is 12.1 Å². The number of hydrogen-bond acceptors (Lipinski definition) is 3. The van der Waals surface area contributed by atoms with Crippen LogP contribution in [0.1, 0.15) is 68.3 Å². The predicted octanol–water partition coefficient (Wildman–Crippen LogP) is 4.92. The second-order valence-corrected chi connectivity index (χ2v) is 11.5. The van der Waals surface area contributed by atoms with Gasteiger partial charge in [-0.1, -0.05) is 32.9 Å². The van der Waals surface area contributed by atoms with Gasteiger partial charge in [-0.25, -0.2) is 17.2 Å². The highest BCUT2D eigenvalue weighted by Crippen LogP contribution is 2.48. The highest BCUT2D eigenvalue weighted by Gasteiger charge is 2.45. The number of carbonyl (C=O) groups excluding carboxylic acids is 1. The van der Waals surface area contributed by atoms with Gasteiger partial charge in [-0.2, -0.15) is 0 Å². The van der Waals surface area contributed by atoms with Crippen LogP contribution in [0.2, 0.25) is 0 Å². The largest absolute Gasteiger partial charge is 0.349 e.